The first-order chi connectivity index (χ1) is 15.8. The third kappa shape index (κ3) is 4.10. The van der Waals surface area contributed by atoms with Crippen molar-refractivity contribution in [2.75, 3.05) is 11.9 Å². The van der Waals surface area contributed by atoms with Crippen LogP contribution in [0, 0.1) is 0 Å². The molecule has 3 heterocycles. The van der Waals surface area contributed by atoms with E-state index in [4.69, 9.17) is 4.74 Å². The van der Waals surface area contributed by atoms with Crippen LogP contribution in [0.3, 0.4) is 0 Å². The fourth-order valence-electron chi connectivity index (χ4n) is 3.43. The average Bonchev–Trinajstić information content (AvgIpc) is 3.41. The van der Waals surface area contributed by atoms with Crippen molar-refractivity contribution in [1.29, 1.82) is 0 Å². The number of nitrogens with one attached hydrogen (secondary N) is 1. The molecule has 11 heteroatoms. The summed E-state index contributed by atoms with van der Waals surface area (Å²) < 4.78 is 8.72. The SMILES string of the molecule is CCOC(=O)c1cc(-c2ccccc2)sc1NC(=O)Cn1cnc2c1c(=O)n(C)c(=O)n2C. The number of rotatable bonds is 6. The molecule has 0 spiro atoms. The Bertz CT molecular complexity index is 1480. The fraction of sp³-hybridized carbons (Fsp3) is 0.227. The van der Waals surface area contributed by atoms with E-state index < -0.39 is 23.1 Å². The Hall–Kier alpha value is -3.99. The van der Waals surface area contributed by atoms with E-state index in [9.17, 15) is 19.2 Å². The van der Waals surface area contributed by atoms with Crippen LogP contribution < -0.4 is 16.6 Å². The van der Waals surface area contributed by atoms with E-state index in [1.807, 2.05) is 30.3 Å². The minimum atomic E-state index is -0.548. The summed E-state index contributed by atoms with van der Waals surface area (Å²) in [5.74, 6) is -1.000. The van der Waals surface area contributed by atoms with Crippen LogP contribution >= 0.6 is 11.3 Å². The van der Waals surface area contributed by atoms with Gasteiger partial charge in [-0.25, -0.2) is 14.6 Å². The van der Waals surface area contributed by atoms with Gasteiger partial charge in [-0.1, -0.05) is 30.3 Å². The number of amides is 1. The van der Waals surface area contributed by atoms with Gasteiger partial charge in [0.05, 0.1) is 18.5 Å². The fourth-order valence-corrected chi connectivity index (χ4v) is 4.49. The number of carbonyl (C=O) groups is 2. The molecule has 33 heavy (non-hydrogen) atoms. The Morgan fingerprint density at radius 2 is 1.85 bits per heavy atom. The van der Waals surface area contributed by atoms with Crippen molar-refractivity contribution in [3.63, 3.8) is 0 Å². The highest BCUT2D eigenvalue weighted by atomic mass is 32.1. The first kappa shape index (κ1) is 22.2. The summed E-state index contributed by atoms with van der Waals surface area (Å²) >= 11 is 1.25. The smallest absolute Gasteiger partial charge is 0.341 e. The Morgan fingerprint density at radius 3 is 2.55 bits per heavy atom. The normalized spacial score (nSPS) is 11.0. The van der Waals surface area contributed by atoms with Crippen molar-refractivity contribution < 1.29 is 14.3 Å². The molecule has 0 aliphatic rings. The van der Waals surface area contributed by atoms with E-state index >= 15 is 0 Å². The molecule has 0 aliphatic heterocycles. The van der Waals surface area contributed by atoms with Crippen LogP contribution in [0.4, 0.5) is 5.00 Å². The molecule has 3 aromatic heterocycles. The van der Waals surface area contributed by atoms with Gasteiger partial charge in [0.25, 0.3) is 5.56 Å². The number of fused-ring (bicyclic) bond motifs is 1. The molecule has 170 valence electrons. The van der Waals surface area contributed by atoms with Gasteiger partial charge in [0, 0.05) is 19.0 Å². The zero-order valence-corrected chi connectivity index (χ0v) is 19.0. The number of aromatic nitrogens is 4. The second-order valence-electron chi connectivity index (χ2n) is 7.24. The minimum absolute atomic E-state index is 0.136. The molecule has 0 saturated carbocycles. The van der Waals surface area contributed by atoms with Crippen LogP contribution in [-0.4, -0.2) is 37.2 Å². The summed E-state index contributed by atoms with van der Waals surface area (Å²) in [5.41, 5.74) is 0.421. The van der Waals surface area contributed by atoms with Crippen molar-refractivity contribution in [3.8, 4) is 10.4 Å². The van der Waals surface area contributed by atoms with Crippen LogP contribution in [0.5, 0.6) is 0 Å². The molecule has 0 unspecified atom stereocenters. The van der Waals surface area contributed by atoms with Crippen molar-refractivity contribution in [2.24, 2.45) is 14.1 Å². The Labute approximate surface area is 191 Å². The number of anilines is 1. The first-order valence-electron chi connectivity index (χ1n) is 10.1. The topological polar surface area (TPSA) is 117 Å². The number of hydrogen-bond donors (Lipinski definition) is 1. The second kappa shape index (κ2) is 8.87. The lowest BCUT2D eigenvalue weighted by atomic mass is 10.1. The van der Waals surface area contributed by atoms with Crippen LogP contribution in [0.15, 0.2) is 52.3 Å². The van der Waals surface area contributed by atoms with Gasteiger partial charge in [-0.2, -0.15) is 0 Å². The number of carbonyl (C=O) groups excluding carboxylic acids is 2. The lowest BCUT2D eigenvalue weighted by Crippen LogP contribution is -2.37. The number of aryl methyl sites for hydroxylation is 1. The van der Waals surface area contributed by atoms with Crippen LogP contribution in [0.1, 0.15) is 17.3 Å². The Kier molecular flexibility index (Phi) is 5.97. The maximum absolute atomic E-state index is 12.9. The van der Waals surface area contributed by atoms with E-state index in [1.54, 1.807) is 13.0 Å². The highest BCUT2D eigenvalue weighted by Crippen LogP contribution is 2.36. The highest BCUT2D eigenvalue weighted by molar-refractivity contribution is 7.20. The van der Waals surface area contributed by atoms with Gasteiger partial charge in [0.2, 0.25) is 5.91 Å². The van der Waals surface area contributed by atoms with E-state index in [0.717, 1.165) is 15.0 Å². The van der Waals surface area contributed by atoms with E-state index in [0.29, 0.717) is 5.00 Å². The van der Waals surface area contributed by atoms with E-state index in [-0.39, 0.29) is 29.9 Å². The maximum Gasteiger partial charge on any atom is 0.341 e. The van der Waals surface area contributed by atoms with Crippen molar-refractivity contribution in [2.45, 2.75) is 13.5 Å². The largest absolute Gasteiger partial charge is 0.462 e. The lowest BCUT2D eigenvalue weighted by molar-refractivity contribution is -0.116. The molecule has 1 N–H and O–H groups in total. The molecule has 4 rings (SSSR count). The van der Waals surface area contributed by atoms with Gasteiger partial charge in [0.1, 0.15) is 11.5 Å². The van der Waals surface area contributed by atoms with E-state index in [1.165, 1.54) is 40.9 Å². The number of nitrogens with zero attached hydrogens (tertiary/aromatic N) is 4. The number of thiophene rings is 1. The summed E-state index contributed by atoms with van der Waals surface area (Å²) in [4.78, 5) is 55.0. The molecular formula is C22H21N5O5S. The summed E-state index contributed by atoms with van der Waals surface area (Å²) in [6.07, 6.45) is 1.33. The summed E-state index contributed by atoms with van der Waals surface area (Å²) in [5, 5.41) is 3.10. The molecule has 1 amide bonds. The molecule has 0 saturated heterocycles. The third-order valence-corrected chi connectivity index (χ3v) is 6.17. The average molecular weight is 468 g/mol. The molecule has 4 aromatic rings. The van der Waals surface area contributed by atoms with Gasteiger partial charge in [-0.15, -0.1) is 11.3 Å². The van der Waals surface area contributed by atoms with Crippen LogP contribution in [-0.2, 0) is 30.2 Å². The Balaban J connectivity index is 1.66. The molecule has 0 aliphatic carbocycles. The highest BCUT2D eigenvalue weighted by Gasteiger charge is 2.21. The third-order valence-electron chi connectivity index (χ3n) is 5.07. The van der Waals surface area contributed by atoms with Gasteiger partial charge in [-0.05, 0) is 18.6 Å². The standard InChI is InChI=1S/C22H21N5O5S/c1-4-32-21(30)14-10-15(13-8-6-5-7-9-13)33-19(14)24-16(28)11-27-12-23-18-17(27)20(29)26(3)22(31)25(18)2/h5-10,12H,4,11H2,1-3H3,(H,24,28). The number of ether oxygens (including phenoxy) is 1. The number of benzene rings is 1. The molecule has 0 fully saturated rings. The van der Waals surface area contributed by atoms with Crippen LogP contribution in [0.25, 0.3) is 21.6 Å². The lowest BCUT2D eigenvalue weighted by Gasteiger charge is -2.08. The zero-order valence-electron chi connectivity index (χ0n) is 18.2. The second-order valence-corrected chi connectivity index (χ2v) is 8.29. The van der Waals surface area contributed by atoms with Gasteiger partial charge < -0.3 is 14.6 Å². The molecule has 0 atom stereocenters. The van der Waals surface area contributed by atoms with E-state index in [2.05, 4.69) is 10.3 Å². The predicted molar refractivity (Wildman–Crippen MR) is 125 cm³/mol. The molecule has 10 nitrogen and oxygen atoms in total. The van der Waals surface area contributed by atoms with Gasteiger partial charge >= 0.3 is 11.7 Å². The summed E-state index contributed by atoms with van der Waals surface area (Å²) in [6.45, 7) is 1.68. The van der Waals surface area contributed by atoms with Crippen LogP contribution in [0.2, 0.25) is 0 Å². The quantitative estimate of drug-likeness (QED) is 0.434. The molecule has 0 radical (unpaired) electrons. The van der Waals surface area contributed by atoms with Gasteiger partial charge in [0.15, 0.2) is 11.2 Å². The van der Waals surface area contributed by atoms with Crippen molar-refractivity contribution >= 4 is 39.4 Å². The van der Waals surface area contributed by atoms with Crippen molar-refractivity contribution in [3.05, 3.63) is 69.1 Å². The number of hydrogen-bond acceptors (Lipinski definition) is 7. The zero-order chi connectivity index (χ0) is 23.7. The summed E-state index contributed by atoms with van der Waals surface area (Å²) in [6, 6.07) is 11.2. The molecular weight excluding hydrogens is 446 g/mol. The maximum atomic E-state index is 12.9. The molecule has 0 bridgehead atoms. The number of esters is 1. The summed E-state index contributed by atoms with van der Waals surface area (Å²) in [7, 11) is 2.87. The van der Waals surface area contributed by atoms with Crippen molar-refractivity contribution in [1.82, 2.24) is 18.7 Å². The minimum Gasteiger partial charge on any atom is -0.462 e. The molecule has 1 aromatic carbocycles. The first-order valence-corrected chi connectivity index (χ1v) is 10.9. The number of imidazole rings is 1. The Morgan fingerprint density at radius 1 is 1.12 bits per heavy atom. The predicted octanol–water partition coefficient (Wildman–Crippen LogP) is 1.98. The van der Waals surface area contributed by atoms with Gasteiger partial charge in [-0.3, -0.25) is 18.7 Å². The monoisotopic (exact) mass is 467 g/mol.